The van der Waals surface area contributed by atoms with Gasteiger partial charge in [0, 0.05) is 68.0 Å². The normalized spacial score (nSPS) is 15.0. The number of nitrogens with one attached hydrogen (secondary N) is 1. The molecule has 1 fully saturated rings. The molecule has 0 radical (unpaired) electrons. The molecule has 0 bridgehead atoms. The van der Waals surface area contributed by atoms with Crippen LogP contribution in [0.15, 0.2) is 48.7 Å². The number of ketones is 1. The third kappa shape index (κ3) is 7.33. The van der Waals surface area contributed by atoms with E-state index in [1.807, 2.05) is 39.5 Å². The molecule has 1 saturated heterocycles. The van der Waals surface area contributed by atoms with Crippen LogP contribution in [-0.2, 0) is 11.3 Å². The van der Waals surface area contributed by atoms with Gasteiger partial charge in [0.05, 0.1) is 5.56 Å². The highest BCUT2D eigenvalue weighted by molar-refractivity contribution is 6.43. The van der Waals surface area contributed by atoms with Crippen LogP contribution in [0.1, 0.15) is 60.9 Å². The molecule has 0 saturated carbocycles. The average Bonchev–Trinajstić information content (AvgIpc) is 3.40. The first-order valence-corrected chi connectivity index (χ1v) is 13.4. The Bertz CT molecular complexity index is 1280. The first-order chi connectivity index (χ1) is 18.8. The number of Topliss-reactive ketones (excluding diaryl/α,β-unsaturated/α-hetero) is 1. The molecule has 1 atom stereocenters. The molecule has 8 heteroatoms. The molecule has 0 unspecified atom stereocenters. The molecule has 1 aromatic heterocycles. The number of amides is 2. The Labute approximate surface area is 231 Å². The molecule has 4 rings (SSSR count). The zero-order chi connectivity index (χ0) is 29.1. The predicted molar refractivity (Wildman–Crippen MR) is 154 cm³/mol. The predicted octanol–water partition coefficient (Wildman–Crippen LogP) is 4.98. The van der Waals surface area contributed by atoms with Crippen molar-refractivity contribution in [3.05, 3.63) is 71.2 Å². The highest BCUT2D eigenvalue weighted by atomic mass is 19.1. The van der Waals surface area contributed by atoms with Crippen LogP contribution in [0.3, 0.4) is 0 Å². The molecule has 2 amide bonds. The van der Waals surface area contributed by atoms with Crippen molar-refractivity contribution < 1.29 is 18.8 Å². The number of rotatable bonds is 7. The lowest BCUT2D eigenvalue weighted by atomic mass is 10.0. The number of aromatic nitrogens is 1. The van der Waals surface area contributed by atoms with Crippen LogP contribution >= 0.6 is 0 Å². The number of aromatic amines is 1. The van der Waals surface area contributed by atoms with Gasteiger partial charge in [-0.2, -0.15) is 0 Å². The Morgan fingerprint density at radius 2 is 1.67 bits per heavy atom. The number of piperazine rings is 1. The van der Waals surface area contributed by atoms with Crippen LogP contribution in [0.2, 0.25) is 0 Å². The lowest BCUT2D eigenvalue weighted by Gasteiger charge is -2.40. The fourth-order valence-electron chi connectivity index (χ4n) is 4.70. The molecule has 39 heavy (non-hydrogen) atoms. The van der Waals surface area contributed by atoms with Gasteiger partial charge < -0.3 is 14.8 Å². The highest BCUT2D eigenvalue weighted by Gasteiger charge is 2.30. The van der Waals surface area contributed by atoms with Gasteiger partial charge in [0.1, 0.15) is 5.82 Å². The van der Waals surface area contributed by atoms with Crippen molar-refractivity contribution in [1.29, 1.82) is 0 Å². The van der Waals surface area contributed by atoms with Crippen LogP contribution in [0.25, 0.3) is 10.9 Å². The van der Waals surface area contributed by atoms with Crippen molar-refractivity contribution >= 4 is 28.5 Å². The fourth-order valence-corrected chi connectivity index (χ4v) is 4.70. The van der Waals surface area contributed by atoms with Gasteiger partial charge in [-0.15, -0.1) is 12.8 Å². The minimum absolute atomic E-state index is 0.0179. The zero-order valence-electron chi connectivity index (χ0n) is 23.5. The lowest BCUT2D eigenvalue weighted by Crippen LogP contribution is -2.53. The molecule has 2 heterocycles. The van der Waals surface area contributed by atoms with Gasteiger partial charge >= 0.3 is 0 Å². The van der Waals surface area contributed by atoms with E-state index in [0.29, 0.717) is 50.2 Å². The van der Waals surface area contributed by atoms with E-state index in [1.165, 1.54) is 17.0 Å². The zero-order valence-corrected chi connectivity index (χ0v) is 23.5. The number of hydrogen-bond acceptors (Lipinski definition) is 4. The molecular weight excluding hydrogens is 495 g/mol. The Morgan fingerprint density at radius 1 is 1.03 bits per heavy atom. The van der Waals surface area contributed by atoms with Crippen LogP contribution in [0.5, 0.6) is 0 Å². The van der Waals surface area contributed by atoms with Gasteiger partial charge in [0.25, 0.3) is 11.8 Å². The molecule has 1 aliphatic rings. The van der Waals surface area contributed by atoms with Crippen molar-refractivity contribution in [2.24, 2.45) is 0 Å². The van der Waals surface area contributed by atoms with E-state index in [9.17, 15) is 18.8 Å². The molecule has 7 nitrogen and oxygen atoms in total. The SMILES string of the molecule is C#C.CC.CCN(CC)C(=O)C(=O)c1ccc2[nH]cc(C(=O)N3CCN(Cc4ccc(F)cc4)C[C@H]3C)c2c1. The summed E-state index contributed by atoms with van der Waals surface area (Å²) in [6.45, 7) is 13.3. The summed E-state index contributed by atoms with van der Waals surface area (Å²) in [4.78, 5) is 47.5. The van der Waals surface area contributed by atoms with Gasteiger partial charge in [0.2, 0.25) is 5.78 Å². The molecule has 0 aliphatic carbocycles. The highest BCUT2D eigenvalue weighted by Crippen LogP contribution is 2.24. The minimum atomic E-state index is -0.571. The summed E-state index contributed by atoms with van der Waals surface area (Å²) in [6, 6.07) is 11.5. The molecule has 1 N–H and O–H groups in total. The van der Waals surface area contributed by atoms with E-state index in [-0.39, 0.29) is 23.3 Å². The quantitative estimate of drug-likeness (QED) is 0.264. The lowest BCUT2D eigenvalue weighted by molar-refractivity contribution is -0.126. The van der Waals surface area contributed by atoms with Crippen LogP contribution in [0.4, 0.5) is 4.39 Å². The van der Waals surface area contributed by atoms with Gasteiger partial charge in [-0.25, -0.2) is 4.39 Å². The van der Waals surface area contributed by atoms with Crippen molar-refractivity contribution in [3.8, 4) is 12.8 Å². The van der Waals surface area contributed by atoms with Crippen molar-refractivity contribution in [1.82, 2.24) is 19.7 Å². The number of carbonyl (C=O) groups excluding carboxylic acids is 3. The summed E-state index contributed by atoms with van der Waals surface area (Å²) in [6.07, 6.45) is 9.67. The van der Waals surface area contributed by atoms with Gasteiger partial charge in [0.15, 0.2) is 0 Å². The first-order valence-electron chi connectivity index (χ1n) is 13.4. The molecule has 2 aromatic carbocycles. The third-order valence-corrected chi connectivity index (χ3v) is 6.71. The summed E-state index contributed by atoms with van der Waals surface area (Å²) in [5.74, 6) is -1.47. The van der Waals surface area contributed by atoms with E-state index in [2.05, 4.69) is 22.7 Å². The smallest absolute Gasteiger partial charge is 0.294 e. The number of carbonyl (C=O) groups is 3. The van der Waals surface area contributed by atoms with Crippen LogP contribution in [-0.4, -0.2) is 76.0 Å². The van der Waals surface area contributed by atoms with E-state index < -0.39 is 11.7 Å². The fraction of sp³-hybridized carbons (Fsp3) is 0.387. The standard InChI is InChI=1S/C27H31FN4O3.C2H6.C2H2/c1-4-31(5-2)27(35)25(33)20-8-11-24-22(14-20)23(15-29-24)26(34)32-13-12-30(16-18(32)3)17-19-6-9-21(28)10-7-19;2*1-2/h6-11,14-15,18,29H,4-5,12-13,16-17H2,1-3H3;1-2H3;1-2H/t18-;;/m1../s1. The van der Waals surface area contributed by atoms with Gasteiger partial charge in [-0.05, 0) is 56.7 Å². The molecule has 1 aliphatic heterocycles. The van der Waals surface area contributed by atoms with Crippen molar-refractivity contribution in [2.75, 3.05) is 32.7 Å². The van der Waals surface area contributed by atoms with E-state index in [4.69, 9.17) is 0 Å². The minimum Gasteiger partial charge on any atom is -0.360 e. The number of hydrogen-bond donors (Lipinski definition) is 1. The number of halogens is 1. The number of likely N-dealkylation sites (N-methyl/N-ethyl adjacent to an activating group) is 1. The Kier molecular flexibility index (Phi) is 11.9. The largest absolute Gasteiger partial charge is 0.360 e. The number of terminal acetylenes is 1. The van der Waals surface area contributed by atoms with Crippen LogP contribution < -0.4 is 0 Å². The van der Waals surface area contributed by atoms with Gasteiger partial charge in [-0.1, -0.05) is 26.0 Å². The second kappa shape index (κ2) is 14.8. The number of nitrogens with zero attached hydrogens (tertiary/aromatic N) is 3. The number of H-pyrrole nitrogens is 1. The van der Waals surface area contributed by atoms with Crippen molar-refractivity contribution in [2.45, 2.75) is 47.2 Å². The number of fused-ring (bicyclic) bond motifs is 1. The monoisotopic (exact) mass is 534 g/mol. The summed E-state index contributed by atoms with van der Waals surface area (Å²) in [5, 5.41) is 0.633. The maximum Gasteiger partial charge on any atom is 0.294 e. The number of benzene rings is 2. The van der Waals surface area contributed by atoms with E-state index in [0.717, 1.165) is 11.1 Å². The van der Waals surface area contributed by atoms with Gasteiger partial charge in [-0.3, -0.25) is 19.3 Å². The second-order valence-corrected chi connectivity index (χ2v) is 8.98. The molecule has 208 valence electrons. The Balaban J connectivity index is 0.00000127. The van der Waals surface area contributed by atoms with Crippen molar-refractivity contribution in [3.63, 3.8) is 0 Å². The summed E-state index contributed by atoms with van der Waals surface area (Å²) in [7, 11) is 0. The molecule has 3 aromatic rings. The third-order valence-electron chi connectivity index (χ3n) is 6.71. The maximum absolute atomic E-state index is 13.5. The first kappa shape index (κ1) is 31.3. The Morgan fingerprint density at radius 3 is 2.26 bits per heavy atom. The van der Waals surface area contributed by atoms with Crippen LogP contribution in [0, 0.1) is 18.7 Å². The molecular formula is C31H39FN4O3. The summed E-state index contributed by atoms with van der Waals surface area (Å²) >= 11 is 0. The summed E-state index contributed by atoms with van der Waals surface area (Å²) in [5.41, 5.74) is 2.54. The van der Waals surface area contributed by atoms with E-state index >= 15 is 0 Å². The topological polar surface area (TPSA) is 76.7 Å². The average molecular weight is 535 g/mol. The summed E-state index contributed by atoms with van der Waals surface area (Å²) < 4.78 is 13.2. The van der Waals surface area contributed by atoms with E-state index in [1.54, 1.807) is 36.5 Å². The molecule has 0 spiro atoms. The Hall–Kier alpha value is -3.96. The second-order valence-electron chi connectivity index (χ2n) is 8.98. The maximum atomic E-state index is 13.5.